The molecule has 2 aromatic carbocycles. The maximum Gasteiger partial charge on any atom is 0.159 e. The summed E-state index contributed by atoms with van der Waals surface area (Å²) in [6.07, 6.45) is 0. The Morgan fingerprint density at radius 3 is 2.39 bits per heavy atom. The van der Waals surface area contributed by atoms with Gasteiger partial charge >= 0.3 is 0 Å². The average molecular weight is 269 g/mol. The Balaban J connectivity index is 2.34. The SMILES string of the molecule is COc1cccc(C(Cl)c2ccc(F)c(F)c2)c1. The highest BCUT2D eigenvalue weighted by molar-refractivity contribution is 6.22. The van der Waals surface area contributed by atoms with E-state index in [2.05, 4.69) is 0 Å². The van der Waals surface area contributed by atoms with Gasteiger partial charge in [-0.1, -0.05) is 18.2 Å². The van der Waals surface area contributed by atoms with E-state index < -0.39 is 17.0 Å². The molecule has 0 saturated carbocycles. The lowest BCUT2D eigenvalue weighted by Crippen LogP contribution is -1.96. The number of hydrogen-bond donors (Lipinski definition) is 0. The Kier molecular flexibility index (Phi) is 3.82. The largest absolute Gasteiger partial charge is 0.497 e. The maximum absolute atomic E-state index is 13.1. The van der Waals surface area contributed by atoms with Gasteiger partial charge in [-0.05, 0) is 35.4 Å². The number of hydrogen-bond acceptors (Lipinski definition) is 1. The quantitative estimate of drug-likeness (QED) is 0.754. The fraction of sp³-hybridized carbons (Fsp3) is 0.143. The van der Waals surface area contributed by atoms with Crippen LogP contribution in [0.15, 0.2) is 42.5 Å². The lowest BCUT2D eigenvalue weighted by atomic mass is 10.0. The summed E-state index contributed by atoms with van der Waals surface area (Å²) in [7, 11) is 1.56. The minimum absolute atomic E-state index is 0.504. The summed E-state index contributed by atoms with van der Waals surface area (Å²) >= 11 is 6.24. The molecule has 4 heteroatoms. The third-order valence-corrected chi connectivity index (χ3v) is 3.13. The Labute approximate surface area is 109 Å². The minimum Gasteiger partial charge on any atom is -0.497 e. The van der Waals surface area contributed by atoms with Gasteiger partial charge in [-0.15, -0.1) is 11.6 Å². The Hall–Kier alpha value is -1.61. The summed E-state index contributed by atoms with van der Waals surface area (Å²) in [5, 5.41) is -0.546. The van der Waals surface area contributed by atoms with Crippen LogP contribution in [0.4, 0.5) is 8.78 Å². The van der Waals surface area contributed by atoms with Crippen molar-refractivity contribution in [3.05, 3.63) is 65.2 Å². The number of ether oxygens (including phenoxy) is 1. The smallest absolute Gasteiger partial charge is 0.159 e. The van der Waals surface area contributed by atoms with Crippen molar-refractivity contribution >= 4 is 11.6 Å². The number of rotatable bonds is 3. The maximum atomic E-state index is 13.1. The zero-order valence-corrected chi connectivity index (χ0v) is 10.4. The topological polar surface area (TPSA) is 9.23 Å². The summed E-state index contributed by atoms with van der Waals surface area (Å²) in [6.45, 7) is 0. The van der Waals surface area contributed by atoms with Gasteiger partial charge in [0.1, 0.15) is 5.75 Å². The van der Waals surface area contributed by atoms with Crippen LogP contribution in [0.1, 0.15) is 16.5 Å². The second-order valence-corrected chi connectivity index (χ2v) is 4.25. The molecule has 0 amide bonds. The van der Waals surface area contributed by atoms with E-state index in [1.165, 1.54) is 6.07 Å². The third-order valence-electron chi connectivity index (χ3n) is 2.62. The second-order valence-electron chi connectivity index (χ2n) is 3.81. The van der Waals surface area contributed by atoms with Crippen molar-refractivity contribution in [3.8, 4) is 5.75 Å². The fourth-order valence-corrected chi connectivity index (χ4v) is 1.93. The zero-order chi connectivity index (χ0) is 13.1. The van der Waals surface area contributed by atoms with Crippen LogP contribution in [-0.4, -0.2) is 7.11 Å². The number of alkyl halides is 1. The molecule has 1 unspecified atom stereocenters. The van der Waals surface area contributed by atoms with E-state index in [4.69, 9.17) is 16.3 Å². The number of benzene rings is 2. The van der Waals surface area contributed by atoms with Gasteiger partial charge in [0.25, 0.3) is 0 Å². The van der Waals surface area contributed by atoms with Crippen molar-refractivity contribution in [3.63, 3.8) is 0 Å². The molecule has 0 radical (unpaired) electrons. The normalized spacial score (nSPS) is 12.2. The summed E-state index contributed by atoms with van der Waals surface area (Å²) in [5.74, 6) is -1.12. The highest BCUT2D eigenvalue weighted by Gasteiger charge is 2.13. The van der Waals surface area contributed by atoms with E-state index >= 15 is 0 Å². The van der Waals surface area contributed by atoms with E-state index in [0.717, 1.165) is 17.7 Å². The fourth-order valence-electron chi connectivity index (χ4n) is 1.66. The van der Waals surface area contributed by atoms with Gasteiger partial charge in [-0.25, -0.2) is 8.78 Å². The molecule has 18 heavy (non-hydrogen) atoms. The van der Waals surface area contributed by atoms with Gasteiger partial charge in [-0.2, -0.15) is 0 Å². The van der Waals surface area contributed by atoms with E-state index in [1.807, 2.05) is 0 Å². The monoisotopic (exact) mass is 268 g/mol. The molecule has 0 heterocycles. The number of methoxy groups -OCH3 is 1. The van der Waals surface area contributed by atoms with Gasteiger partial charge in [0.15, 0.2) is 11.6 Å². The first-order chi connectivity index (χ1) is 8.61. The molecule has 0 saturated heterocycles. The van der Waals surface area contributed by atoms with E-state index in [-0.39, 0.29) is 0 Å². The molecule has 1 atom stereocenters. The molecule has 0 aromatic heterocycles. The first kappa shape index (κ1) is 12.8. The summed E-state index contributed by atoms with van der Waals surface area (Å²) in [4.78, 5) is 0. The van der Waals surface area contributed by atoms with Gasteiger partial charge < -0.3 is 4.74 Å². The summed E-state index contributed by atoms with van der Waals surface area (Å²) in [6, 6.07) is 10.8. The van der Waals surface area contributed by atoms with Crippen molar-refractivity contribution in [1.82, 2.24) is 0 Å². The van der Waals surface area contributed by atoms with Crippen LogP contribution in [0.2, 0.25) is 0 Å². The molecule has 0 N–H and O–H groups in total. The first-order valence-electron chi connectivity index (χ1n) is 5.35. The van der Waals surface area contributed by atoms with Gasteiger partial charge in [0.2, 0.25) is 0 Å². The first-order valence-corrected chi connectivity index (χ1v) is 5.78. The third kappa shape index (κ3) is 2.62. The second kappa shape index (κ2) is 5.36. The Morgan fingerprint density at radius 1 is 1.00 bits per heavy atom. The van der Waals surface area contributed by atoms with Crippen molar-refractivity contribution in [2.24, 2.45) is 0 Å². The highest BCUT2D eigenvalue weighted by atomic mass is 35.5. The lowest BCUT2D eigenvalue weighted by Gasteiger charge is -2.11. The van der Waals surface area contributed by atoms with Crippen LogP contribution in [0.25, 0.3) is 0 Å². The molecular weight excluding hydrogens is 258 g/mol. The molecular formula is C14H11ClF2O. The molecule has 2 rings (SSSR count). The zero-order valence-electron chi connectivity index (χ0n) is 9.66. The van der Waals surface area contributed by atoms with Crippen LogP contribution < -0.4 is 4.74 Å². The van der Waals surface area contributed by atoms with Crippen molar-refractivity contribution < 1.29 is 13.5 Å². The van der Waals surface area contributed by atoms with Crippen LogP contribution in [-0.2, 0) is 0 Å². The van der Waals surface area contributed by atoms with Crippen LogP contribution >= 0.6 is 11.6 Å². The standard InChI is InChI=1S/C14H11ClF2O/c1-18-11-4-2-3-9(7-11)14(15)10-5-6-12(16)13(17)8-10/h2-8,14H,1H3. The molecule has 0 fully saturated rings. The Morgan fingerprint density at radius 2 is 1.72 bits per heavy atom. The molecule has 2 aromatic rings. The molecule has 0 spiro atoms. The van der Waals surface area contributed by atoms with Gasteiger partial charge in [0.05, 0.1) is 12.5 Å². The average Bonchev–Trinajstić information content (AvgIpc) is 2.41. The van der Waals surface area contributed by atoms with Crippen molar-refractivity contribution in [2.75, 3.05) is 7.11 Å². The molecule has 0 aliphatic carbocycles. The van der Waals surface area contributed by atoms with Crippen LogP contribution in [0.3, 0.4) is 0 Å². The summed E-state index contributed by atoms with van der Waals surface area (Å²) < 4.78 is 31.1. The van der Waals surface area contributed by atoms with E-state index in [0.29, 0.717) is 11.3 Å². The van der Waals surface area contributed by atoms with Gasteiger partial charge in [0, 0.05) is 0 Å². The highest BCUT2D eigenvalue weighted by Crippen LogP contribution is 2.31. The molecule has 0 aliphatic heterocycles. The number of halogens is 3. The predicted octanol–water partition coefficient (Wildman–Crippen LogP) is 4.30. The molecule has 94 valence electrons. The van der Waals surface area contributed by atoms with Crippen molar-refractivity contribution in [1.29, 1.82) is 0 Å². The van der Waals surface area contributed by atoms with Gasteiger partial charge in [-0.3, -0.25) is 0 Å². The van der Waals surface area contributed by atoms with Crippen LogP contribution in [0.5, 0.6) is 5.75 Å². The van der Waals surface area contributed by atoms with E-state index in [1.54, 1.807) is 31.4 Å². The summed E-state index contributed by atoms with van der Waals surface area (Å²) in [5.41, 5.74) is 1.27. The molecule has 0 bridgehead atoms. The lowest BCUT2D eigenvalue weighted by molar-refractivity contribution is 0.414. The van der Waals surface area contributed by atoms with Crippen LogP contribution in [0, 0.1) is 11.6 Å². The van der Waals surface area contributed by atoms with Crippen molar-refractivity contribution in [2.45, 2.75) is 5.38 Å². The minimum atomic E-state index is -0.902. The molecule has 1 nitrogen and oxygen atoms in total. The van der Waals surface area contributed by atoms with E-state index in [9.17, 15) is 8.78 Å². The predicted molar refractivity (Wildman–Crippen MR) is 67.0 cm³/mol. The molecule has 0 aliphatic rings. The Bertz CT molecular complexity index is 557.